The molecule has 1 amide bonds. The summed E-state index contributed by atoms with van der Waals surface area (Å²) in [6.45, 7) is 19.4. The van der Waals surface area contributed by atoms with Crippen LogP contribution in [-0.2, 0) is 0 Å². The van der Waals surface area contributed by atoms with Crippen molar-refractivity contribution in [2.45, 2.75) is 86.1 Å². The molecule has 4 nitrogen and oxygen atoms in total. The third-order valence-electron chi connectivity index (χ3n) is 5.57. The number of aryl methyl sites for hydroxylation is 1. The van der Waals surface area contributed by atoms with Gasteiger partial charge >= 0.3 is 0 Å². The molecule has 2 aliphatic heterocycles. The lowest BCUT2D eigenvalue weighted by Crippen LogP contribution is -2.42. The molecular weight excluding hydrogens is 334 g/mol. The molecule has 2 aliphatic rings. The van der Waals surface area contributed by atoms with Crippen LogP contribution in [0.1, 0.15) is 95.0 Å². The van der Waals surface area contributed by atoms with E-state index in [1.54, 1.807) is 0 Å². The fourth-order valence-corrected chi connectivity index (χ4v) is 4.37. The van der Waals surface area contributed by atoms with E-state index < -0.39 is 0 Å². The van der Waals surface area contributed by atoms with Crippen LogP contribution in [0.15, 0.2) is 0 Å². The van der Waals surface area contributed by atoms with E-state index in [-0.39, 0.29) is 7.33 Å². The van der Waals surface area contributed by atoms with Crippen LogP contribution >= 0.6 is 0 Å². The van der Waals surface area contributed by atoms with E-state index in [4.69, 9.17) is 0 Å². The number of H-pyrrole nitrogens is 1. The second-order valence-electron chi connectivity index (χ2n) is 9.35. The summed E-state index contributed by atoms with van der Waals surface area (Å²) in [7, 11) is 0. The van der Waals surface area contributed by atoms with Crippen LogP contribution in [0.4, 0.5) is 0 Å². The predicted octanol–water partition coefficient (Wildman–Crippen LogP) is 5.36. The molecule has 1 unspecified atom stereocenters. The van der Waals surface area contributed by atoms with Crippen LogP contribution in [0.5, 0.6) is 0 Å². The number of carbonyl (C=O) groups excluding carboxylic acids is 1. The molecule has 0 saturated carbocycles. The van der Waals surface area contributed by atoms with Gasteiger partial charge in [-0.25, -0.2) is 0 Å². The molecule has 27 heavy (non-hydrogen) atoms. The highest BCUT2D eigenvalue weighted by Crippen LogP contribution is 2.28. The van der Waals surface area contributed by atoms with E-state index in [0.29, 0.717) is 12.0 Å². The zero-order valence-corrected chi connectivity index (χ0v) is 18.7. The maximum atomic E-state index is 13.2. The highest BCUT2D eigenvalue weighted by molar-refractivity contribution is 5.97. The highest BCUT2D eigenvalue weighted by atomic mass is 16.2. The average molecular weight is 378 g/mol. The third-order valence-corrected chi connectivity index (χ3v) is 5.57. The summed E-state index contributed by atoms with van der Waals surface area (Å²) in [5.41, 5.74) is 4.31. The summed E-state index contributed by atoms with van der Waals surface area (Å²) >= 11 is 0. The first-order chi connectivity index (χ1) is 12.7. The second-order valence-corrected chi connectivity index (χ2v) is 9.35. The van der Waals surface area contributed by atoms with Crippen molar-refractivity contribution in [3.05, 3.63) is 22.5 Å². The molecule has 1 aromatic rings. The second kappa shape index (κ2) is 9.77. The predicted molar refractivity (Wildman–Crippen MR) is 117 cm³/mol. The minimum atomic E-state index is 0. The number of hydrogen-bond donors (Lipinski definition) is 1. The van der Waals surface area contributed by atoms with E-state index >= 15 is 0 Å². The van der Waals surface area contributed by atoms with Crippen LogP contribution in [-0.4, -0.2) is 52.9 Å². The molecule has 0 spiro atoms. The number of aromatic nitrogens is 1. The van der Waals surface area contributed by atoms with E-state index in [1.165, 1.54) is 31.6 Å². The van der Waals surface area contributed by atoms with Gasteiger partial charge in [-0.15, -0.1) is 0 Å². The molecule has 3 heterocycles. The summed E-state index contributed by atoms with van der Waals surface area (Å²) in [4.78, 5) is 21.3. The van der Waals surface area contributed by atoms with Crippen LogP contribution in [0, 0.1) is 19.8 Å². The summed E-state index contributed by atoms with van der Waals surface area (Å²) in [6.07, 6.45) is 4.93. The zero-order chi connectivity index (χ0) is 20.1. The number of carbonyl (C=O) groups is 1. The van der Waals surface area contributed by atoms with Gasteiger partial charge in [-0.1, -0.05) is 34.6 Å². The van der Waals surface area contributed by atoms with Gasteiger partial charge in [0.1, 0.15) is 0 Å². The Kier molecular flexibility index (Phi) is 7.96. The highest BCUT2D eigenvalue weighted by Gasteiger charge is 2.33. The number of nitrogens with zero attached hydrogens (tertiary/aromatic N) is 2. The molecule has 2 fully saturated rings. The number of rotatable bonds is 4. The summed E-state index contributed by atoms with van der Waals surface area (Å²) < 4.78 is 0. The zero-order valence-electron chi connectivity index (χ0n) is 18.7. The minimum Gasteiger partial charge on any atom is -0.361 e. The van der Waals surface area contributed by atoms with Gasteiger partial charge in [0.05, 0.1) is 5.56 Å². The number of amides is 1. The first-order valence-electron chi connectivity index (χ1n) is 10.9. The Morgan fingerprint density at radius 2 is 1.67 bits per heavy atom. The third kappa shape index (κ3) is 5.60. The molecule has 4 heteroatoms. The largest absolute Gasteiger partial charge is 0.361 e. The van der Waals surface area contributed by atoms with Crippen molar-refractivity contribution in [3.63, 3.8) is 0 Å². The first-order valence-corrected chi connectivity index (χ1v) is 10.9. The fourth-order valence-electron chi connectivity index (χ4n) is 4.37. The molecule has 0 bridgehead atoms. The smallest absolute Gasteiger partial charge is 0.256 e. The maximum absolute atomic E-state index is 13.2. The molecular formula is C23H43N3O. The van der Waals surface area contributed by atoms with Crippen molar-refractivity contribution in [2.24, 2.45) is 5.92 Å². The molecule has 1 N–H and O–H groups in total. The van der Waals surface area contributed by atoms with Crippen molar-refractivity contribution in [2.75, 3.05) is 26.2 Å². The Morgan fingerprint density at radius 1 is 1.07 bits per heavy atom. The maximum Gasteiger partial charge on any atom is 0.256 e. The van der Waals surface area contributed by atoms with Crippen LogP contribution in [0.3, 0.4) is 0 Å². The van der Waals surface area contributed by atoms with E-state index in [1.807, 2.05) is 6.92 Å². The van der Waals surface area contributed by atoms with Crippen molar-refractivity contribution < 1.29 is 6.22 Å². The first kappa shape index (κ1) is 22.0. The number of aromatic amines is 1. The standard InChI is InChI=1S/C19H31N3O.C4H10.H2/c1-13(2)18-14(3)17(15(4)20-18)19(23)22-11-7-8-16(22)12-21-9-5-6-10-21;1-4(2)3;/h13,16,20H,5-12H2,1-4H3;4H,1-3H3;1H. The van der Waals surface area contributed by atoms with Crippen LogP contribution in [0.25, 0.3) is 0 Å². The molecule has 3 rings (SSSR count). The number of hydrogen-bond acceptors (Lipinski definition) is 2. The minimum absolute atomic E-state index is 0. The van der Waals surface area contributed by atoms with Gasteiger partial charge in [-0.3, -0.25) is 4.79 Å². The van der Waals surface area contributed by atoms with Gasteiger partial charge in [0.25, 0.3) is 5.91 Å². The molecule has 2 saturated heterocycles. The Balaban J connectivity index is 0.000000717. The lowest BCUT2D eigenvalue weighted by molar-refractivity contribution is 0.0707. The quantitative estimate of drug-likeness (QED) is 0.767. The van der Waals surface area contributed by atoms with E-state index in [2.05, 4.69) is 56.3 Å². The molecule has 0 aromatic carbocycles. The molecule has 1 atom stereocenters. The summed E-state index contributed by atoms with van der Waals surface area (Å²) in [6, 6.07) is 0.400. The Bertz CT molecular complexity index is 615. The lowest BCUT2D eigenvalue weighted by atomic mass is 10.0. The Labute approximate surface area is 168 Å². The molecule has 1 aromatic heterocycles. The SMILES string of the molecule is CC(C)C.Cc1[nH]c(C(C)C)c(C)c1C(=O)N1CCCC1CN1CCCC1.[HH]. The van der Waals surface area contributed by atoms with Crippen molar-refractivity contribution in [3.8, 4) is 0 Å². The van der Waals surface area contributed by atoms with Gasteiger partial charge in [-0.2, -0.15) is 0 Å². The topological polar surface area (TPSA) is 39.3 Å². The molecule has 0 radical (unpaired) electrons. The number of nitrogens with one attached hydrogen (secondary N) is 1. The van der Waals surface area contributed by atoms with Crippen molar-refractivity contribution in [1.82, 2.24) is 14.8 Å². The molecule has 156 valence electrons. The fraction of sp³-hybridized carbons (Fsp3) is 0.783. The lowest BCUT2D eigenvalue weighted by Gasteiger charge is -2.29. The molecule has 0 aliphatic carbocycles. The monoisotopic (exact) mass is 377 g/mol. The van der Waals surface area contributed by atoms with Gasteiger partial charge in [0.15, 0.2) is 0 Å². The Morgan fingerprint density at radius 3 is 2.19 bits per heavy atom. The van der Waals surface area contributed by atoms with Crippen LogP contribution in [0.2, 0.25) is 0 Å². The normalized spacial score (nSPS) is 20.5. The summed E-state index contributed by atoms with van der Waals surface area (Å²) in [5, 5.41) is 0. The average Bonchev–Trinajstić information content (AvgIpc) is 3.28. The van der Waals surface area contributed by atoms with E-state index in [9.17, 15) is 4.79 Å². The van der Waals surface area contributed by atoms with Crippen molar-refractivity contribution in [1.29, 1.82) is 0 Å². The van der Waals surface area contributed by atoms with Crippen LogP contribution < -0.4 is 0 Å². The van der Waals surface area contributed by atoms with Gasteiger partial charge < -0.3 is 14.8 Å². The van der Waals surface area contributed by atoms with E-state index in [0.717, 1.165) is 48.7 Å². The van der Waals surface area contributed by atoms with Crippen molar-refractivity contribution >= 4 is 5.91 Å². The number of likely N-dealkylation sites (tertiary alicyclic amines) is 2. The Hall–Kier alpha value is -1.29. The summed E-state index contributed by atoms with van der Waals surface area (Å²) in [5.74, 6) is 1.50. The van der Waals surface area contributed by atoms with Gasteiger partial charge in [0, 0.05) is 31.9 Å². The van der Waals surface area contributed by atoms with Gasteiger partial charge in [0.2, 0.25) is 0 Å². The van der Waals surface area contributed by atoms with Gasteiger partial charge in [-0.05, 0) is 70.0 Å².